The van der Waals surface area contributed by atoms with Crippen molar-refractivity contribution >= 4 is 16.4 Å². The quantitative estimate of drug-likeness (QED) is 0.226. The first kappa shape index (κ1) is 21.3. The summed E-state index contributed by atoms with van der Waals surface area (Å²) >= 11 is 0. The smallest absolute Gasteiger partial charge is 0.330 e. The average molecular weight is 311 g/mol. The molecule has 0 heterocycles. The summed E-state index contributed by atoms with van der Waals surface area (Å²) in [5.41, 5.74) is 0. The molecular weight excluding hydrogens is 286 g/mol. The second kappa shape index (κ2) is 10.8. The molecule has 0 aliphatic rings. The zero-order valence-corrected chi connectivity index (χ0v) is 13.6. The molecule has 7 nitrogen and oxygen atoms in total. The Morgan fingerprint density at radius 2 is 1.85 bits per heavy atom. The van der Waals surface area contributed by atoms with E-state index >= 15 is 0 Å². The molecule has 0 N–H and O–H groups in total. The molecule has 8 heteroatoms. The van der Waals surface area contributed by atoms with Crippen molar-refractivity contribution in [1.29, 1.82) is 0 Å². The number of esters is 1. The largest absolute Gasteiger partial charge is 0.726 e. The van der Waals surface area contributed by atoms with Crippen molar-refractivity contribution in [3.8, 4) is 0 Å². The number of hydrogen-bond donors (Lipinski definition) is 0. The number of carbonyl (C=O) groups excluding carboxylic acids is 1. The van der Waals surface area contributed by atoms with Crippen molar-refractivity contribution in [3.05, 3.63) is 12.2 Å². The first-order valence-corrected chi connectivity index (χ1v) is 7.63. The molecule has 0 bridgehead atoms. The topological polar surface area (TPSA) is 92.7 Å². The molecule has 0 amide bonds. The SMILES string of the molecule is CC=CC(=O)OCC[N+](C)(C)CC.CCOS(=O)(=O)[O-]. The van der Waals surface area contributed by atoms with Gasteiger partial charge in [-0.2, -0.15) is 0 Å². The number of carbonyl (C=O) groups is 1. The molecule has 0 saturated carbocycles. The summed E-state index contributed by atoms with van der Waals surface area (Å²) < 4.78 is 37.9. The highest BCUT2D eigenvalue weighted by atomic mass is 32.3. The van der Waals surface area contributed by atoms with E-state index in [-0.39, 0.29) is 12.6 Å². The molecule has 0 spiro atoms. The van der Waals surface area contributed by atoms with E-state index in [2.05, 4.69) is 25.2 Å². The van der Waals surface area contributed by atoms with Crippen LogP contribution in [0.2, 0.25) is 0 Å². The Morgan fingerprint density at radius 1 is 1.30 bits per heavy atom. The van der Waals surface area contributed by atoms with E-state index in [1.54, 1.807) is 13.0 Å². The van der Waals surface area contributed by atoms with Crippen LogP contribution < -0.4 is 0 Å². The van der Waals surface area contributed by atoms with E-state index in [0.29, 0.717) is 6.61 Å². The minimum absolute atomic E-state index is 0.0914. The van der Waals surface area contributed by atoms with Gasteiger partial charge in [-0.3, -0.25) is 4.18 Å². The summed E-state index contributed by atoms with van der Waals surface area (Å²) in [5.74, 6) is -0.251. The van der Waals surface area contributed by atoms with Gasteiger partial charge in [0.1, 0.15) is 13.2 Å². The van der Waals surface area contributed by atoms with E-state index in [1.807, 2.05) is 0 Å². The fourth-order valence-electron chi connectivity index (χ4n) is 0.880. The van der Waals surface area contributed by atoms with Crippen LogP contribution >= 0.6 is 0 Å². The standard InChI is InChI=1S/C10H20NO2.C2H6O4S/c1-5-7-10(12)13-9-8-11(3,4)6-2;1-2-6-7(3,4)5/h5,7H,6,8-9H2,1-4H3;2H2,1H3,(H,3,4,5)/q+1;/p-1. The number of quaternary nitrogens is 1. The third-order valence-corrected chi connectivity index (χ3v) is 2.89. The summed E-state index contributed by atoms with van der Waals surface area (Å²) in [4.78, 5) is 10.9. The van der Waals surface area contributed by atoms with E-state index in [0.717, 1.165) is 17.6 Å². The van der Waals surface area contributed by atoms with Crippen molar-refractivity contribution in [2.45, 2.75) is 20.8 Å². The van der Waals surface area contributed by atoms with Crippen LogP contribution in [0.5, 0.6) is 0 Å². The lowest BCUT2D eigenvalue weighted by atomic mass is 10.4. The molecule has 20 heavy (non-hydrogen) atoms. The number of allylic oxidation sites excluding steroid dienone is 1. The first-order valence-electron chi connectivity index (χ1n) is 6.29. The highest BCUT2D eigenvalue weighted by Gasteiger charge is 2.11. The number of ether oxygens (including phenoxy) is 1. The van der Waals surface area contributed by atoms with Gasteiger partial charge in [0, 0.05) is 6.08 Å². The van der Waals surface area contributed by atoms with Crippen molar-refractivity contribution < 1.29 is 31.2 Å². The molecule has 0 fully saturated rings. The van der Waals surface area contributed by atoms with Gasteiger partial charge >= 0.3 is 5.97 Å². The molecule has 0 aromatic rings. The maximum Gasteiger partial charge on any atom is 0.330 e. The van der Waals surface area contributed by atoms with Gasteiger partial charge in [-0.05, 0) is 20.8 Å². The molecule has 0 saturated heterocycles. The van der Waals surface area contributed by atoms with Gasteiger partial charge in [0.25, 0.3) is 0 Å². The monoisotopic (exact) mass is 311 g/mol. The fraction of sp³-hybridized carbons (Fsp3) is 0.750. The van der Waals surface area contributed by atoms with Gasteiger partial charge < -0.3 is 13.8 Å². The Labute approximate surface area is 121 Å². The third kappa shape index (κ3) is 17.0. The van der Waals surface area contributed by atoms with Crippen LogP contribution in [0.4, 0.5) is 0 Å². The van der Waals surface area contributed by atoms with E-state index in [1.165, 1.54) is 13.0 Å². The Kier molecular flexibility index (Phi) is 11.5. The summed E-state index contributed by atoms with van der Waals surface area (Å²) in [7, 11) is -0.195. The number of likely N-dealkylation sites (N-methyl/N-ethyl adjacent to an activating group) is 1. The molecule has 0 aliphatic carbocycles. The van der Waals surface area contributed by atoms with E-state index in [4.69, 9.17) is 4.74 Å². The van der Waals surface area contributed by atoms with Crippen molar-refractivity contribution in [2.75, 3.05) is 40.4 Å². The summed E-state index contributed by atoms with van der Waals surface area (Å²) in [6.45, 7) is 7.65. The lowest BCUT2D eigenvalue weighted by Gasteiger charge is -2.27. The minimum Gasteiger partial charge on any atom is -0.726 e. The summed E-state index contributed by atoms with van der Waals surface area (Å²) in [6, 6.07) is 0. The predicted molar refractivity (Wildman–Crippen MR) is 74.6 cm³/mol. The Hall–Kier alpha value is -0.960. The summed E-state index contributed by atoms with van der Waals surface area (Å²) in [5, 5.41) is 0. The second-order valence-corrected chi connectivity index (χ2v) is 5.51. The van der Waals surface area contributed by atoms with Crippen LogP contribution in [0.3, 0.4) is 0 Å². The van der Waals surface area contributed by atoms with E-state index in [9.17, 15) is 17.8 Å². The van der Waals surface area contributed by atoms with Crippen LogP contribution in [-0.2, 0) is 24.1 Å². The molecule has 0 rings (SSSR count). The molecule has 0 radical (unpaired) electrons. The number of nitrogens with zero attached hydrogens (tertiary/aromatic N) is 1. The minimum atomic E-state index is -4.42. The van der Waals surface area contributed by atoms with Crippen LogP contribution in [0, 0.1) is 0 Å². The zero-order chi connectivity index (χ0) is 16.2. The van der Waals surface area contributed by atoms with Crippen molar-refractivity contribution in [3.63, 3.8) is 0 Å². The van der Waals surface area contributed by atoms with Gasteiger partial charge in [0.15, 0.2) is 0 Å². The maximum absolute atomic E-state index is 10.9. The van der Waals surface area contributed by atoms with Crippen molar-refractivity contribution in [1.82, 2.24) is 0 Å². The first-order chi connectivity index (χ1) is 9.08. The maximum atomic E-state index is 10.9. The van der Waals surface area contributed by atoms with Gasteiger partial charge in [0.2, 0.25) is 10.4 Å². The highest BCUT2D eigenvalue weighted by molar-refractivity contribution is 7.80. The van der Waals surface area contributed by atoms with Crippen LogP contribution in [0.1, 0.15) is 20.8 Å². The van der Waals surface area contributed by atoms with Gasteiger partial charge in [-0.1, -0.05) is 6.08 Å². The molecule has 0 aromatic carbocycles. The second-order valence-electron chi connectivity index (χ2n) is 4.46. The molecule has 0 aromatic heterocycles. The molecule has 0 unspecified atom stereocenters. The van der Waals surface area contributed by atoms with Gasteiger partial charge in [-0.25, -0.2) is 13.2 Å². The number of hydrogen-bond acceptors (Lipinski definition) is 6. The van der Waals surface area contributed by atoms with Crippen molar-refractivity contribution in [2.24, 2.45) is 0 Å². The fourth-order valence-corrected chi connectivity index (χ4v) is 1.17. The van der Waals surface area contributed by atoms with Gasteiger partial charge in [-0.15, -0.1) is 0 Å². The number of rotatable bonds is 7. The van der Waals surface area contributed by atoms with Crippen LogP contribution in [0.25, 0.3) is 0 Å². The summed E-state index contributed by atoms with van der Waals surface area (Å²) in [6.07, 6.45) is 3.12. The zero-order valence-electron chi connectivity index (χ0n) is 12.8. The molecular formula is C12H25NO6S. The van der Waals surface area contributed by atoms with Crippen LogP contribution in [0.15, 0.2) is 12.2 Å². The third-order valence-electron chi connectivity index (χ3n) is 2.36. The molecule has 0 atom stereocenters. The Morgan fingerprint density at radius 3 is 2.15 bits per heavy atom. The average Bonchev–Trinajstić information content (AvgIpc) is 2.28. The van der Waals surface area contributed by atoms with E-state index < -0.39 is 10.4 Å². The Bertz CT molecular complexity index is 389. The van der Waals surface area contributed by atoms with Crippen LogP contribution in [-0.4, -0.2) is 63.8 Å². The molecule has 0 aliphatic heterocycles. The van der Waals surface area contributed by atoms with Gasteiger partial charge in [0.05, 0.1) is 27.2 Å². The lowest BCUT2D eigenvalue weighted by Crippen LogP contribution is -2.42. The molecule has 120 valence electrons. The lowest BCUT2D eigenvalue weighted by molar-refractivity contribution is -0.888. The Balaban J connectivity index is 0. The predicted octanol–water partition coefficient (Wildman–Crippen LogP) is 0.685. The highest BCUT2D eigenvalue weighted by Crippen LogP contribution is 1.95. The normalized spacial score (nSPS) is 11.9.